The molecule has 0 aliphatic rings. The minimum atomic E-state index is -0.338. The Morgan fingerprint density at radius 2 is 1.83 bits per heavy atom. The van der Waals surface area contributed by atoms with Gasteiger partial charge in [0.05, 0.1) is 0 Å². The summed E-state index contributed by atoms with van der Waals surface area (Å²) in [7, 11) is 0. The molecule has 0 aliphatic heterocycles. The van der Waals surface area contributed by atoms with E-state index in [-0.39, 0.29) is 11.7 Å². The molecule has 0 fully saturated rings. The molecule has 0 spiro atoms. The molecule has 0 atom stereocenters. The largest absolute Gasteiger partial charge is 0.322 e. The molecule has 2 nitrogen and oxygen atoms in total. The number of rotatable bonds is 2. The predicted octanol–water partition coefficient (Wildman–Crippen LogP) is 4.04. The van der Waals surface area contributed by atoms with Crippen molar-refractivity contribution in [1.82, 2.24) is 0 Å². The third kappa shape index (κ3) is 2.87. The van der Waals surface area contributed by atoms with Crippen LogP contribution >= 0.6 is 11.6 Å². The highest BCUT2D eigenvalue weighted by Crippen LogP contribution is 2.17. The van der Waals surface area contributed by atoms with Crippen molar-refractivity contribution in [2.75, 3.05) is 5.32 Å². The Morgan fingerprint density at radius 3 is 2.44 bits per heavy atom. The van der Waals surface area contributed by atoms with Crippen LogP contribution in [0.4, 0.5) is 10.1 Å². The normalized spacial score (nSPS) is 10.2. The fourth-order valence-electron chi connectivity index (χ4n) is 1.52. The van der Waals surface area contributed by atoms with Gasteiger partial charge in [-0.25, -0.2) is 4.39 Å². The van der Waals surface area contributed by atoms with Gasteiger partial charge in [0.15, 0.2) is 0 Å². The van der Waals surface area contributed by atoms with Gasteiger partial charge in [0, 0.05) is 16.3 Å². The standard InChI is InChI=1S/C14H11ClFNO/c1-9-8-10(2-7-13(9)15)14(18)17-12-5-3-11(16)4-6-12/h2-8H,1H3,(H,17,18). The van der Waals surface area contributed by atoms with E-state index in [0.717, 1.165) is 5.56 Å². The van der Waals surface area contributed by atoms with Crippen LogP contribution in [0.25, 0.3) is 0 Å². The number of aryl methyl sites for hydroxylation is 1. The Hall–Kier alpha value is -1.87. The third-order valence-corrected chi connectivity index (χ3v) is 2.95. The Morgan fingerprint density at radius 1 is 1.17 bits per heavy atom. The number of halogens is 2. The van der Waals surface area contributed by atoms with E-state index in [2.05, 4.69) is 5.32 Å². The molecule has 0 saturated heterocycles. The lowest BCUT2D eigenvalue weighted by atomic mass is 10.1. The second-order valence-corrected chi connectivity index (χ2v) is 4.33. The first-order valence-electron chi connectivity index (χ1n) is 5.39. The van der Waals surface area contributed by atoms with Crippen LogP contribution in [-0.2, 0) is 0 Å². The summed E-state index contributed by atoms with van der Waals surface area (Å²) in [5, 5.41) is 3.30. The van der Waals surface area contributed by atoms with Gasteiger partial charge in [0.1, 0.15) is 5.82 Å². The smallest absolute Gasteiger partial charge is 0.255 e. The number of nitrogens with one attached hydrogen (secondary N) is 1. The predicted molar refractivity (Wildman–Crippen MR) is 70.5 cm³/mol. The van der Waals surface area contributed by atoms with Crippen LogP contribution in [0.1, 0.15) is 15.9 Å². The molecule has 18 heavy (non-hydrogen) atoms. The van der Waals surface area contributed by atoms with Gasteiger partial charge in [-0.3, -0.25) is 4.79 Å². The van der Waals surface area contributed by atoms with Gasteiger partial charge in [-0.2, -0.15) is 0 Å². The fourth-order valence-corrected chi connectivity index (χ4v) is 1.64. The van der Waals surface area contributed by atoms with Crippen molar-refractivity contribution >= 4 is 23.2 Å². The van der Waals surface area contributed by atoms with E-state index in [1.54, 1.807) is 18.2 Å². The highest BCUT2D eigenvalue weighted by molar-refractivity contribution is 6.31. The highest BCUT2D eigenvalue weighted by atomic mass is 35.5. The van der Waals surface area contributed by atoms with E-state index in [0.29, 0.717) is 16.3 Å². The molecular formula is C14H11ClFNO. The van der Waals surface area contributed by atoms with Gasteiger partial charge in [-0.1, -0.05) is 11.6 Å². The molecule has 0 heterocycles. The average Bonchev–Trinajstić information content (AvgIpc) is 2.35. The van der Waals surface area contributed by atoms with Crippen LogP contribution in [0.2, 0.25) is 5.02 Å². The van der Waals surface area contributed by atoms with Crippen molar-refractivity contribution < 1.29 is 9.18 Å². The fraction of sp³-hybridized carbons (Fsp3) is 0.0714. The van der Waals surface area contributed by atoms with E-state index < -0.39 is 0 Å². The zero-order valence-electron chi connectivity index (χ0n) is 9.71. The second-order valence-electron chi connectivity index (χ2n) is 3.92. The second kappa shape index (κ2) is 5.19. The Kier molecular flexibility index (Phi) is 3.63. The number of carbonyl (C=O) groups is 1. The van der Waals surface area contributed by atoms with Crippen molar-refractivity contribution in [2.45, 2.75) is 6.92 Å². The summed E-state index contributed by atoms with van der Waals surface area (Å²) in [5.41, 5.74) is 1.90. The summed E-state index contributed by atoms with van der Waals surface area (Å²) >= 11 is 5.89. The lowest BCUT2D eigenvalue weighted by Gasteiger charge is -2.06. The summed E-state index contributed by atoms with van der Waals surface area (Å²) in [6.07, 6.45) is 0. The molecule has 2 aromatic rings. The highest BCUT2D eigenvalue weighted by Gasteiger charge is 2.07. The Bertz CT molecular complexity index is 581. The molecule has 0 unspecified atom stereocenters. The van der Waals surface area contributed by atoms with Crippen LogP contribution in [0, 0.1) is 12.7 Å². The van der Waals surface area contributed by atoms with Crippen molar-refractivity contribution in [3.05, 3.63) is 64.4 Å². The lowest BCUT2D eigenvalue weighted by molar-refractivity contribution is 0.102. The van der Waals surface area contributed by atoms with Gasteiger partial charge in [-0.05, 0) is 55.0 Å². The number of hydrogen-bond donors (Lipinski definition) is 1. The number of hydrogen-bond acceptors (Lipinski definition) is 1. The molecule has 0 bridgehead atoms. The van der Waals surface area contributed by atoms with Crippen molar-refractivity contribution in [3.63, 3.8) is 0 Å². The molecule has 0 saturated carbocycles. The maximum atomic E-state index is 12.7. The van der Waals surface area contributed by atoms with E-state index in [4.69, 9.17) is 11.6 Å². The molecule has 4 heteroatoms. The molecule has 0 radical (unpaired) electrons. The molecule has 1 amide bonds. The van der Waals surface area contributed by atoms with E-state index in [9.17, 15) is 9.18 Å². The maximum absolute atomic E-state index is 12.7. The first-order chi connectivity index (χ1) is 8.56. The van der Waals surface area contributed by atoms with Crippen LogP contribution in [0.5, 0.6) is 0 Å². The summed E-state index contributed by atoms with van der Waals surface area (Å²) in [6, 6.07) is 10.6. The van der Waals surface area contributed by atoms with Gasteiger partial charge in [-0.15, -0.1) is 0 Å². The Labute approximate surface area is 109 Å². The lowest BCUT2D eigenvalue weighted by Crippen LogP contribution is -2.11. The van der Waals surface area contributed by atoms with Gasteiger partial charge >= 0.3 is 0 Å². The quantitative estimate of drug-likeness (QED) is 0.870. The van der Waals surface area contributed by atoms with Crippen molar-refractivity contribution in [1.29, 1.82) is 0 Å². The summed E-state index contributed by atoms with van der Waals surface area (Å²) in [4.78, 5) is 11.9. The monoisotopic (exact) mass is 263 g/mol. The van der Waals surface area contributed by atoms with Crippen LogP contribution in [-0.4, -0.2) is 5.91 Å². The van der Waals surface area contributed by atoms with Crippen LogP contribution in [0.3, 0.4) is 0 Å². The average molecular weight is 264 g/mol. The van der Waals surface area contributed by atoms with E-state index in [1.807, 2.05) is 6.92 Å². The molecule has 92 valence electrons. The number of carbonyl (C=O) groups excluding carboxylic acids is 1. The van der Waals surface area contributed by atoms with Crippen LogP contribution in [0.15, 0.2) is 42.5 Å². The maximum Gasteiger partial charge on any atom is 0.255 e. The third-order valence-electron chi connectivity index (χ3n) is 2.52. The molecule has 2 aromatic carbocycles. The van der Waals surface area contributed by atoms with Crippen LogP contribution < -0.4 is 5.32 Å². The topological polar surface area (TPSA) is 29.1 Å². The van der Waals surface area contributed by atoms with Gasteiger partial charge < -0.3 is 5.32 Å². The van der Waals surface area contributed by atoms with Gasteiger partial charge in [0.25, 0.3) is 5.91 Å². The van der Waals surface area contributed by atoms with E-state index in [1.165, 1.54) is 24.3 Å². The van der Waals surface area contributed by atoms with Crippen molar-refractivity contribution in [3.8, 4) is 0 Å². The SMILES string of the molecule is Cc1cc(C(=O)Nc2ccc(F)cc2)ccc1Cl. The summed E-state index contributed by atoms with van der Waals surface area (Å²) in [5.74, 6) is -0.586. The zero-order valence-corrected chi connectivity index (χ0v) is 10.5. The van der Waals surface area contributed by atoms with Gasteiger partial charge in [0.2, 0.25) is 0 Å². The molecule has 0 aliphatic carbocycles. The first kappa shape index (κ1) is 12.6. The molecule has 2 rings (SSSR count). The summed E-state index contributed by atoms with van der Waals surface area (Å²) in [6.45, 7) is 1.83. The first-order valence-corrected chi connectivity index (χ1v) is 5.77. The minimum absolute atomic E-state index is 0.249. The van der Waals surface area contributed by atoms with E-state index >= 15 is 0 Å². The number of benzene rings is 2. The molecule has 1 N–H and O–H groups in total. The minimum Gasteiger partial charge on any atom is -0.322 e. The Balaban J connectivity index is 2.16. The number of amides is 1. The number of anilines is 1. The molecular weight excluding hydrogens is 253 g/mol. The molecule has 0 aromatic heterocycles. The zero-order chi connectivity index (χ0) is 13.1. The summed E-state index contributed by atoms with van der Waals surface area (Å²) < 4.78 is 12.7. The van der Waals surface area contributed by atoms with Crippen molar-refractivity contribution in [2.24, 2.45) is 0 Å².